The first-order valence-corrected chi connectivity index (χ1v) is 5.55. The van der Waals surface area contributed by atoms with Gasteiger partial charge < -0.3 is 4.74 Å². The molecule has 1 aromatic rings. The molecule has 0 spiro atoms. The maximum Gasteiger partial charge on any atom is 0.284 e. The predicted molar refractivity (Wildman–Crippen MR) is 52.6 cm³/mol. The molecule has 0 unspecified atom stereocenters. The van der Waals surface area contributed by atoms with Crippen molar-refractivity contribution >= 4 is 26.8 Å². The summed E-state index contributed by atoms with van der Waals surface area (Å²) < 4.78 is 31.1. The zero-order chi connectivity index (χ0) is 10.3. The molecule has 2 rings (SSSR count). The molecule has 0 amide bonds. The first-order chi connectivity index (χ1) is 6.54. The lowest BCUT2D eigenvalue weighted by molar-refractivity contribution is 0.413. The zero-order valence-electron chi connectivity index (χ0n) is 7.19. The minimum atomic E-state index is -3.61. The summed E-state index contributed by atoms with van der Waals surface area (Å²) in [4.78, 5) is 0.0989. The number of sulfonamides is 1. The van der Waals surface area contributed by atoms with E-state index in [1.165, 1.54) is 13.2 Å². The van der Waals surface area contributed by atoms with Crippen molar-refractivity contribution in [1.82, 2.24) is 0 Å². The Bertz CT molecular complexity index is 521. The minimum Gasteiger partial charge on any atom is -0.497 e. The predicted octanol–water partition coefficient (Wildman–Crippen LogP) is 1.38. The van der Waals surface area contributed by atoms with E-state index in [2.05, 4.69) is 4.40 Å². The highest BCUT2D eigenvalue weighted by atomic mass is 35.5. The number of hydrogen-bond donors (Lipinski definition) is 0. The third-order valence-electron chi connectivity index (χ3n) is 1.89. The Morgan fingerprint density at radius 2 is 2.14 bits per heavy atom. The number of halogens is 1. The van der Waals surface area contributed by atoms with Crippen molar-refractivity contribution in [3.05, 3.63) is 23.8 Å². The lowest BCUT2D eigenvalue weighted by Gasteiger charge is -2.01. The minimum absolute atomic E-state index is 0.00246. The average molecular weight is 232 g/mol. The summed E-state index contributed by atoms with van der Waals surface area (Å²) in [5, 5.41) is 0.00246. The molecule has 0 aromatic heterocycles. The molecule has 14 heavy (non-hydrogen) atoms. The molecule has 1 heterocycles. The largest absolute Gasteiger partial charge is 0.497 e. The summed E-state index contributed by atoms with van der Waals surface area (Å²) in [7, 11) is -2.15. The van der Waals surface area contributed by atoms with Crippen molar-refractivity contribution in [3.63, 3.8) is 0 Å². The van der Waals surface area contributed by atoms with Gasteiger partial charge in [-0.1, -0.05) is 11.6 Å². The van der Waals surface area contributed by atoms with E-state index in [9.17, 15) is 8.42 Å². The van der Waals surface area contributed by atoms with Crippen LogP contribution in [0.4, 0.5) is 0 Å². The number of nitrogens with zero attached hydrogens (tertiary/aromatic N) is 1. The highest BCUT2D eigenvalue weighted by Crippen LogP contribution is 2.30. The third kappa shape index (κ3) is 1.29. The molecule has 0 saturated heterocycles. The molecule has 0 atom stereocenters. The molecule has 1 aromatic carbocycles. The van der Waals surface area contributed by atoms with Gasteiger partial charge in [0.15, 0.2) is 5.17 Å². The molecular formula is C8H6ClNO3S. The molecule has 0 radical (unpaired) electrons. The molecule has 1 aliphatic heterocycles. The maximum atomic E-state index is 11.4. The fourth-order valence-electron chi connectivity index (χ4n) is 1.22. The Kier molecular flexibility index (Phi) is 2.01. The van der Waals surface area contributed by atoms with Crippen LogP contribution in [0.5, 0.6) is 5.75 Å². The second-order valence-electron chi connectivity index (χ2n) is 2.72. The lowest BCUT2D eigenvalue weighted by Crippen LogP contribution is -1.94. The summed E-state index contributed by atoms with van der Waals surface area (Å²) in [6, 6.07) is 4.62. The Labute approximate surface area is 86.2 Å². The number of ether oxygens (including phenoxy) is 1. The molecule has 0 saturated carbocycles. The fourth-order valence-corrected chi connectivity index (χ4v) is 2.83. The molecule has 4 nitrogen and oxygen atoms in total. The van der Waals surface area contributed by atoms with Gasteiger partial charge in [0.25, 0.3) is 10.0 Å². The summed E-state index contributed by atoms with van der Waals surface area (Å²) >= 11 is 5.65. The lowest BCUT2D eigenvalue weighted by atomic mass is 10.2. The second-order valence-corrected chi connectivity index (χ2v) is 4.65. The van der Waals surface area contributed by atoms with Gasteiger partial charge in [-0.05, 0) is 12.1 Å². The van der Waals surface area contributed by atoms with Crippen LogP contribution >= 0.6 is 11.6 Å². The van der Waals surface area contributed by atoms with E-state index in [0.29, 0.717) is 11.3 Å². The summed E-state index contributed by atoms with van der Waals surface area (Å²) in [6.07, 6.45) is 0. The molecule has 6 heteroatoms. The Morgan fingerprint density at radius 1 is 1.43 bits per heavy atom. The van der Waals surface area contributed by atoms with Crippen LogP contribution in [0.15, 0.2) is 27.5 Å². The molecule has 74 valence electrons. The number of hydrogen-bond acceptors (Lipinski definition) is 3. The van der Waals surface area contributed by atoms with Crippen LogP contribution in [-0.4, -0.2) is 20.7 Å². The molecule has 0 fully saturated rings. The van der Waals surface area contributed by atoms with Gasteiger partial charge in [-0.3, -0.25) is 0 Å². The van der Waals surface area contributed by atoms with Gasteiger partial charge in [-0.15, -0.1) is 4.40 Å². The Hall–Kier alpha value is -1.07. The number of rotatable bonds is 1. The van der Waals surface area contributed by atoms with Crippen molar-refractivity contribution < 1.29 is 13.2 Å². The Balaban J connectivity index is 2.72. The van der Waals surface area contributed by atoms with E-state index in [-0.39, 0.29) is 10.1 Å². The molecular weight excluding hydrogens is 226 g/mol. The zero-order valence-corrected chi connectivity index (χ0v) is 8.76. The van der Waals surface area contributed by atoms with Crippen molar-refractivity contribution in [2.45, 2.75) is 4.90 Å². The highest BCUT2D eigenvalue weighted by molar-refractivity contribution is 7.91. The van der Waals surface area contributed by atoms with Gasteiger partial charge >= 0.3 is 0 Å². The normalized spacial score (nSPS) is 17.4. The highest BCUT2D eigenvalue weighted by Gasteiger charge is 2.28. The number of benzene rings is 1. The maximum absolute atomic E-state index is 11.4. The van der Waals surface area contributed by atoms with E-state index in [0.717, 1.165) is 0 Å². The third-order valence-corrected chi connectivity index (χ3v) is 3.59. The average Bonchev–Trinajstić information content (AvgIpc) is 2.37. The molecule has 0 N–H and O–H groups in total. The van der Waals surface area contributed by atoms with Crippen LogP contribution in [0, 0.1) is 0 Å². The molecule has 0 bridgehead atoms. The van der Waals surface area contributed by atoms with Crippen LogP contribution in [0.3, 0.4) is 0 Å². The Morgan fingerprint density at radius 3 is 2.79 bits per heavy atom. The van der Waals surface area contributed by atoms with Crippen molar-refractivity contribution in [2.24, 2.45) is 4.40 Å². The van der Waals surface area contributed by atoms with E-state index in [1.807, 2.05) is 0 Å². The first-order valence-electron chi connectivity index (χ1n) is 3.73. The molecule has 1 aliphatic rings. The summed E-state index contributed by atoms with van der Waals surface area (Å²) in [5.41, 5.74) is 0.424. The summed E-state index contributed by atoms with van der Waals surface area (Å²) in [6.45, 7) is 0. The van der Waals surface area contributed by atoms with E-state index in [4.69, 9.17) is 16.3 Å². The van der Waals surface area contributed by atoms with E-state index >= 15 is 0 Å². The van der Waals surface area contributed by atoms with Crippen molar-refractivity contribution in [1.29, 1.82) is 0 Å². The topological polar surface area (TPSA) is 55.7 Å². The first kappa shape index (κ1) is 9.48. The monoisotopic (exact) mass is 231 g/mol. The van der Waals surface area contributed by atoms with Crippen LogP contribution in [0.2, 0.25) is 0 Å². The SMILES string of the molecule is COc1ccc2c(c1)S(=O)(=O)N=C2Cl. The fraction of sp³-hybridized carbons (Fsp3) is 0.125. The van der Waals surface area contributed by atoms with Crippen LogP contribution < -0.4 is 4.74 Å². The van der Waals surface area contributed by atoms with E-state index < -0.39 is 10.0 Å². The second kappa shape index (κ2) is 2.96. The molecule has 0 aliphatic carbocycles. The van der Waals surface area contributed by atoms with Crippen LogP contribution in [-0.2, 0) is 10.0 Å². The van der Waals surface area contributed by atoms with Gasteiger partial charge in [-0.2, -0.15) is 8.42 Å². The van der Waals surface area contributed by atoms with E-state index in [1.54, 1.807) is 12.1 Å². The quantitative estimate of drug-likeness (QED) is 0.734. The standard InChI is InChI=1S/C8H6ClNO3S/c1-13-5-2-3-6-7(4-5)14(11,12)10-8(6)9/h2-4H,1H3. The number of fused-ring (bicyclic) bond motifs is 1. The van der Waals surface area contributed by atoms with Gasteiger partial charge in [0, 0.05) is 11.6 Å². The van der Waals surface area contributed by atoms with Crippen LogP contribution in [0.1, 0.15) is 5.56 Å². The van der Waals surface area contributed by atoms with Gasteiger partial charge in [0.05, 0.1) is 7.11 Å². The smallest absolute Gasteiger partial charge is 0.284 e. The van der Waals surface area contributed by atoms with Crippen LogP contribution in [0.25, 0.3) is 0 Å². The van der Waals surface area contributed by atoms with Gasteiger partial charge in [-0.25, -0.2) is 0 Å². The van der Waals surface area contributed by atoms with Gasteiger partial charge in [0.2, 0.25) is 0 Å². The van der Waals surface area contributed by atoms with Crippen molar-refractivity contribution in [2.75, 3.05) is 7.11 Å². The van der Waals surface area contributed by atoms with Gasteiger partial charge in [0.1, 0.15) is 10.6 Å². The van der Waals surface area contributed by atoms with Crippen molar-refractivity contribution in [3.8, 4) is 5.75 Å². The number of methoxy groups -OCH3 is 1. The summed E-state index contributed by atoms with van der Waals surface area (Å²) in [5.74, 6) is 0.467.